The van der Waals surface area contributed by atoms with Gasteiger partial charge in [-0.3, -0.25) is 0 Å². The first-order chi connectivity index (χ1) is 10.9. The second-order valence-electron chi connectivity index (χ2n) is 10.2. The van der Waals surface area contributed by atoms with Gasteiger partial charge in [-0.1, -0.05) is 13.8 Å². The molecule has 2 nitrogen and oxygen atoms in total. The maximum Gasteiger partial charge on any atom is 0.0545 e. The molecule has 9 atom stereocenters. The van der Waals surface area contributed by atoms with Gasteiger partial charge < -0.3 is 10.8 Å². The van der Waals surface area contributed by atoms with E-state index in [9.17, 15) is 5.11 Å². The van der Waals surface area contributed by atoms with Crippen molar-refractivity contribution >= 4 is 0 Å². The number of aliphatic hydroxyl groups excluding tert-OH is 1. The zero-order valence-electron chi connectivity index (χ0n) is 15.4. The highest BCUT2D eigenvalue weighted by atomic mass is 16.3. The van der Waals surface area contributed by atoms with Crippen molar-refractivity contribution in [2.75, 3.05) is 0 Å². The summed E-state index contributed by atoms with van der Waals surface area (Å²) in [7, 11) is 0. The van der Waals surface area contributed by atoms with Gasteiger partial charge in [0.25, 0.3) is 0 Å². The molecule has 132 valence electrons. The molecule has 0 saturated heterocycles. The van der Waals surface area contributed by atoms with Crippen molar-refractivity contribution in [1.82, 2.24) is 0 Å². The Labute approximate surface area is 142 Å². The number of nitrogens with two attached hydrogens (primary N) is 1. The number of hydrogen-bond acceptors (Lipinski definition) is 2. The number of hydrogen-bond donors (Lipinski definition) is 2. The number of fused-ring (bicyclic) bond motifs is 5. The monoisotopic (exact) mass is 319 g/mol. The third-order valence-corrected chi connectivity index (χ3v) is 9.36. The normalized spacial score (nSPS) is 57.3. The molecular weight excluding hydrogens is 282 g/mol. The highest BCUT2D eigenvalue weighted by Gasteiger charge is 2.60. The van der Waals surface area contributed by atoms with Gasteiger partial charge in [-0.15, -0.1) is 0 Å². The molecule has 4 aliphatic rings. The summed E-state index contributed by atoms with van der Waals surface area (Å²) < 4.78 is 0. The van der Waals surface area contributed by atoms with Gasteiger partial charge in [-0.2, -0.15) is 0 Å². The highest BCUT2D eigenvalue weighted by Crippen LogP contribution is 2.67. The average Bonchev–Trinajstić information content (AvgIpc) is 2.85. The van der Waals surface area contributed by atoms with Crippen LogP contribution in [0.5, 0.6) is 0 Å². The lowest BCUT2D eigenvalue weighted by Gasteiger charge is -2.61. The Kier molecular flexibility index (Phi) is 3.89. The van der Waals surface area contributed by atoms with Gasteiger partial charge in [-0.25, -0.2) is 0 Å². The van der Waals surface area contributed by atoms with E-state index in [4.69, 9.17) is 5.73 Å². The SMILES string of the molecule is CC(O)[C@H]1CC[C@H]2[C@@H]3CCC4CC(N)CC[C@]4(C)[C@H]3CC[C@]12C. The minimum atomic E-state index is -0.124. The van der Waals surface area contributed by atoms with E-state index in [1.165, 1.54) is 57.8 Å². The zero-order valence-corrected chi connectivity index (χ0v) is 15.4. The van der Waals surface area contributed by atoms with E-state index in [0.29, 0.717) is 22.8 Å². The third-order valence-electron chi connectivity index (χ3n) is 9.36. The number of aliphatic hydroxyl groups is 1. The van der Waals surface area contributed by atoms with Gasteiger partial charge in [-0.05, 0) is 105 Å². The molecule has 0 bridgehead atoms. The van der Waals surface area contributed by atoms with Crippen LogP contribution in [0.25, 0.3) is 0 Å². The summed E-state index contributed by atoms with van der Waals surface area (Å²) in [5.74, 6) is 4.14. The van der Waals surface area contributed by atoms with Crippen molar-refractivity contribution in [3.63, 3.8) is 0 Å². The van der Waals surface area contributed by atoms with Crippen LogP contribution in [0, 0.1) is 40.4 Å². The second kappa shape index (κ2) is 5.46. The van der Waals surface area contributed by atoms with E-state index in [-0.39, 0.29) is 6.10 Å². The van der Waals surface area contributed by atoms with Crippen molar-refractivity contribution in [2.24, 2.45) is 46.2 Å². The van der Waals surface area contributed by atoms with E-state index in [1.54, 1.807) is 0 Å². The predicted octanol–water partition coefficient (Wildman–Crippen LogP) is 4.35. The first-order valence-corrected chi connectivity index (χ1v) is 10.3. The van der Waals surface area contributed by atoms with Gasteiger partial charge in [0, 0.05) is 6.04 Å². The van der Waals surface area contributed by atoms with Crippen molar-refractivity contribution in [2.45, 2.75) is 90.7 Å². The minimum absolute atomic E-state index is 0.124. The van der Waals surface area contributed by atoms with E-state index >= 15 is 0 Å². The predicted molar refractivity (Wildman–Crippen MR) is 94.9 cm³/mol. The molecule has 0 aromatic rings. The molecule has 0 spiro atoms. The third kappa shape index (κ3) is 2.27. The fourth-order valence-corrected chi connectivity index (χ4v) is 8.12. The van der Waals surface area contributed by atoms with Crippen molar-refractivity contribution < 1.29 is 5.11 Å². The van der Waals surface area contributed by atoms with Crippen LogP contribution in [0.4, 0.5) is 0 Å². The molecule has 3 N–H and O–H groups in total. The topological polar surface area (TPSA) is 46.2 Å². The molecule has 0 aromatic heterocycles. The summed E-state index contributed by atoms with van der Waals surface area (Å²) in [6, 6.07) is 0.463. The molecule has 0 aromatic carbocycles. The van der Waals surface area contributed by atoms with Gasteiger partial charge in [0.2, 0.25) is 0 Å². The molecular formula is C21H37NO. The van der Waals surface area contributed by atoms with Crippen LogP contribution in [0.2, 0.25) is 0 Å². The standard InChI is InChI=1S/C21H37NO/c1-13(23)17-6-7-18-16-5-4-14-12-15(22)8-10-20(14,2)19(16)9-11-21(17,18)3/h13-19,23H,4-12,22H2,1-3H3/t13?,14?,15?,16-,17+,18-,19-,20-,21+/m0/s1. The lowest BCUT2D eigenvalue weighted by Crippen LogP contribution is -2.55. The first-order valence-electron chi connectivity index (χ1n) is 10.3. The molecule has 4 fully saturated rings. The van der Waals surface area contributed by atoms with Gasteiger partial charge in [0.05, 0.1) is 6.10 Å². The quantitative estimate of drug-likeness (QED) is 0.754. The van der Waals surface area contributed by atoms with Crippen LogP contribution < -0.4 is 5.73 Å². The summed E-state index contributed by atoms with van der Waals surface area (Å²) in [4.78, 5) is 0. The fourth-order valence-electron chi connectivity index (χ4n) is 8.12. The van der Waals surface area contributed by atoms with Crippen LogP contribution in [0.1, 0.15) is 78.6 Å². The maximum absolute atomic E-state index is 10.3. The molecule has 2 heteroatoms. The van der Waals surface area contributed by atoms with Crippen LogP contribution >= 0.6 is 0 Å². The summed E-state index contributed by atoms with van der Waals surface area (Å²) in [5.41, 5.74) is 7.26. The molecule has 0 radical (unpaired) electrons. The van der Waals surface area contributed by atoms with Crippen LogP contribution in [-0.2, 0) is 0 Å². The Morgan fingerprint density at radius 3 is 2.35 bits per heavy atom. The molecule has 4 rings (SSSR count). The largest absolute Gasteiger partial charge is 0.393 e. The van der Waals surface area contributed by atoms with E-state index in [0.717, 1.165) is 23.7 Å². The Morgan fingerprint density at radius 1 is 0.913 bits per heavy atom. The Balaban J connectivity index is 1.60. The lowest BCUT2D eigenvalue weighted by atomic mass is 9.44. The molecule has 0 amide bonds. The van der Waals surface area contributed by atoms with Gasteiger partial charge in [0.1, 0.15) is 0 Å². The molecule has 0 aliphatic heterocycles. The first kappa shape index (κ1) is 16.4. The van der Waals surface area contributed by atoms with Crippen LogP contribution in [0.3, 0.4) is 0 Å². The minimum Gasteiger partial charge on any atom is -0.393 e. The highest BCUT2D eigenvalue weighted by molar-refractivity contribution is 5.09. The summed E-state index contributed by atoms with van der Waals surface area (Å²) in [5, 5.41) is 10.3. The van der Waals surface area contributed by atoms with E-state index < -0.39 is 0 Å². The fraction of sp³-hybridized carbons (Fsp3) is 1.00. The molecule has 4 saturated carbocycles. The molecule has 4 aliphatic carbocycles. The van der Waals surface area contributed by atoms with Crippen molar-refractivity contribution in [3.05, 3.63) is 0 Å². The van der Waals surface area contributed by atoms with Crippen molar-refractivity contribution in [3.8, 4) is 0 Å². The molecule has 0 heterocycles. The molecule has 23 heavy (non-hydrogen) atoms. The van der Waals surface area contributed by atoms with E-state index in [2.05, 4.69) is 13.8 Å². The lowest BCUT2D eigenvalue weighted by molar-refractivity contribution is -0.120. The number of rotatable bonds is 1. The van der Waals surface area contributed by atoms with Crippen LogP contribution in [-0.4, -0.2) is 17.3 Å². The summed E-state index contributed by atoms with van der Waals surface area (Å²) in [6.45, 7) is 7.17. The Morgan fingerprint density at radius 2 is 1.61 bits per heavy atom. The van der Waals surface area contributed by atoms with E-state index in [1.807, 2.05) is 6.92 Å². The van der Waals surface area contributed by atoms with Gasteiger partial charge in [0.15, 0.2) is 0 Å². The Bertz CT molecular complexity index is 463. The second-order valence-corrected chi connectivity index (χ2v) is 10.2. The van der Waals surface area contributed by atoms with Gasteiger partial charge >= 0.3 is 0 Å². The average molecular weight is 320 g/mol. The zero-order chi connectivity index (χ0) is 16.4. The summed E-state index contributed by atoms with van der Waals surface area (Å²) >= 11 is 0. The smallest absolute Gasteiger partial charge is 0.0545 e. The van der Waals surface area contributed by atoms with Crippen LogP contribution in [0.15, 0.2) is 0 Å². The van der Waals surface area contributed by atoms with Crippen molar-refractivity contribution in [1.29, 1.82) is 0 Å². The maximum atomic E-state index is 10.3. The molecule has 3 unspecified atom stereocenters. The summed E-state index contributed by atoms with van der Waals surface area (Å²) in [6.07, 6.45) is 12.0. The Hall–Kier alpha value is -0.0800.